The standard InChI is InChI=1S/C23H33N3O4/c1-17(2)26-16-19(15-22(26)28)23(29)25-12-4-11-24(13-14-25)21(27)10-7-18-5-8-20(30-3)9-6-18/h5-6,8-9,17,19H,4,7,10-16H2,1-3H3. The molecule has 2 heterocycles. The van der Waals surface area contributed by atoms with Crippen molar-refractivity contribution < 1.29 is 19.1 Å². The quantitative estimate of drug-likeness (QED) is 0.712. The molecule has 1 aromatic rings. The number of rotatable bonds is 6. The minimum Gasteiger partial charge on any atom is -0.497 e. The molecule has 0 aliphatic carbocycles. The highest BCUT2D eigenvalue weighted by atomic mass is 16.5. The van der Waals surface area contributed by atoms with Crippen LogP contribution in [0.4, 0.5) is 0 Å². The lowest BCUT2D eigenvalue weighted by molar-refractivity contribution is -0.136. The average molecular weight is 416 g/mol. The van der Waals surface area contributed by atoms with Crippen molar-refractivity contribution in [1.29, 1.82) is 0 Å². The normalized spacial score (nSPS) is 19.9. The molecule has 2 fully saturated rings. The summed E-state index contributed by atoms with van der Waals surface area (Å²) in [6, 6.07) is 7.90. The highest BCUT2D eigenvalue weighted by molar-refractivity contribution is 5.89. The van der Waals surface area contributed by atoms with Gasteiger partial charge in [-0.15, -0.1) is 0 Å². The van der Waals surface area contributed by atoms with Gasteiger partial charge in [-0.2, -0.15) is 0 Å². The number of carbonyl (C=O) groups is 3. The number of likely N-dealkylation sites (tertiary alicyclic amines) is 1. The highest BCUT2D eigenvalue weighted by Gasteiger charge is 2.37. The Hall–Kier alpha value is -2.57. The number of hydrogen-bond acceptors (Lipinski definition) is 4. The molecule has 1 unspecified atom stereocenters. The van der Waals surface area contributed by atoms with Crippen LogP contribution >= 0.6 is 0 Å². The molecular weight excluding hydrogens is 382 g/mol. The minimum absolute atomic E-state index is 0.0547. The number of carbonyl (C=O) groups excluding carboxylic acids is 3. The van der Waals surface area contributed by atoms with E-state index in [4.69, 9.17) is 4.74 Å². The third-order valence-corrected chi connectivity index (χ3v) is 6.08. The summed E-state index contributed by atoms with van der Waals surface area (Å²) in [6.45, 7) is 6.89. The van der Waals surface area contributed by atoms with Gasteiger partial charge in [-0.3, -0.25) is 14.4 Å². The molecule has 0 N–H and O–H groups in total. The van der Waals surface area contributed by atoms with E-state index in [1.807, 2.05) is 47.9 Å². The fraction of sp³-hybridized carbons (Fsp3) is 0.609. The monoisotopic (exact) mass is 415 g/mol. The molecule has 0 bridgehead atoms. The fourth-order valence-electron chi connectivity index (χ4n) is 4.24. The Labute approximate surface area is 179 Å². The van der Waals surface area contributed by atoms with Crippen LogP contribution in [0.3, 0.4) is 0 Å². The number of benzene rings is 1. The number of amides is 3. The second-order valence-electron chi connectivity index (χ2n) is 8.45. The lowest BCUT2D eigenvalue weighted by Crippen LogP contribution is -2.41. The molecule has 2 aliphatic rings. The number of methoxy groups -OCH3 is 1. The predicted molar refractivity (Wildman–Crippen MR) is 114 cm³/mol. The van der Waals surface area contributed by atoms with Gasteiger partial charge in [0.25, 0.3) is 0 Å². The second-order valence-corrected chi connectivity index (χ2v) is 8.45. The minimum atomic E-state index is -0.253. The van der Waals surface area contributed by atoms with Crippen molar-refractivity contribution in [2.24, 2.45) is 5.92 Å². The van der Waals surface area contributed by atoms with Crippen LogP contribution in [0.1, 0.15) is 38.7 Å². The lowest BCUT2D eigenvalue weighted by atomic mass is 10.1. The van der Waals surface area contributed by atoms with Crippen molar-refractivity contribution in [3.63, 3.8) is 0 Å². The molecule has 30 heavy (non-hydrogen) atoms. The summed E-state index contributed by atoms with van der Waals surface area (Å²) in [6.07, 6.45) is 2.23. The third kappa shape index (κ3) is 5.32. The first-order chi connectivity index (χ1) is 14.4. The van der Waals surface area contributed by atoms with Gasteiger partial charge in [0.1, 0.15) is 5.75 Å². The van der Waals surface area contributed by atoms with Crippen molar-refractivity contribution in [2.45, 2.75) is 45.6 Å². The maximum absolute atomic E-state index is 12.9. The first-order valence-electron chi connectivity index (χ1n) is 10.9. The van der Waals surface area contributed by atoms with Crippen molar-refractivity contribution in [2.75, 3.05) is 39.8 Å². The zero-order chi connectivity index (χ0) is 21.7. The van der Waals surface area contributed by atoms with Crippen molar-refractivity contribution in [1.82, 2.24) is 14.7 Å². The largest absolute Gasteiger partial charge is 0.497 e. The number of aryl methyl sites for hydroxylation is 1. The summed E-state index contributed by atoms with van der Waals surface area (Å²) in [5.74, 6) is 0.801. The Kier molecular flexibility index (Phi) is 7.34. The van der Waals surface area contributed by atoms with E-state index in [2.05, 4.69) is 0 Å². The summed E-state index contributed by atoms with van der Waals surface area (Å²) < 4.78 is 5.16. The molecule has 1 aromatic carbocycles. The molecular formula is C23H33N3O4. The predicted octanol–water partition coefficient (Wildman–Crippen LogP) is 1.95. The van der Waals surface area contributed by atoms with Gasteiger partial charge < -0.3 is 19.4 Å². The van der Waals surface area contributed by atoms with E-state index in [9.17, 15) is 14.4 Å². The Bertz CT molecular complexity index is 762. The van der Waals surface area contributed by atoms with Crippen LogP contribution in [0.15, 0.2) is 24.3 Å². The Morgan fingerprint density at radius 3 is 2.37 bits per heavy atom. The summed E-state index contributed by atoms with van der Waals surface area (Å²) in [5, 5.41) is 0. The lowest BCUT2D eigenvalue weighted by Gasteiger charge is -2.25. The van der Waals surface area contributed by atoms with Gasteiger partial charge in [-0.1, -0.05) is 12.1 Å². The molecule has 1 atom stereocenters. The Morgan fingerprint density at radius 2 is 1.73 bits per heavy atom. The maximum atomic E-state index is 12.9. The first-order valence-corrected chi connectivity index (χ1v) is 10.9. The van der Waals surface area contributed by atoms with E-state index in [-0.39, 0.29) is 29.7 Å². The molecule has 0 aromatic heterocycles. The second kappa shape index (κ2) is 9.96. The zero-order valence-corrected chi connectivity index (χ0v) is 18.3. The van der Waals surface area contributed by atoms with Crippen molar-refractivity contribution in [3.8, 4) is 5.75 Å². The summed E-state index contributed by atoms with van der Waals surface area (Å²) in [4.78, 5) is 43.3. The molecule has 2 saturated heterocycles. The first kappa shape index (κ1) is 22.1. The number of nitrogens with zero attached hydrogens (tertiary/aromatic N) is 3. The van der Waals surface area contributed by atoms with Gasteiger partial charge in [-0.05, 0) is 44.4 Å². The molecule has 0 spiro atoms. The summed E-state index contributed by atoms with van der Waals surface area (Å²) >= 11 is 0. The Morgan fingerprint density at radius 1 is 1.07 bits per heavy atom. The molecule has 3 rings (SSSR count). The smallest absolute Gasteiger partial charge is 0.228 e. The molecule has 7 heteroatoms. The van der Waals surface area contributed by atoms with Gasteiger partial charge in [0.05, 0.1) is 13.0 Å². The topological polar surface area (TPSA) is 70.2 Å². The van der Waals surface area contributed by atoms with Gasteiger partial charge in [0.15, 0.2) is 0 Å². The van der Waals surface area contributed by atoms with E-state index in [0.29, 0.717) is 52.0 Å². The number of hydrogen-bond donors (Lipinski definition) is 0. The van der Waals surface area contributed by atoms with E-state index in [1.54, 1.807) is 12.0 Å². The molecule has 0 radical (unpaired) electrons. The van der Waals surface area contributed by atoms with E-state index in [1.165, 1.54) is 0 Å². The van der Waals surface area contributed by atoms with Crippen LogP contribution in [0.25, 0.3) is 0 Å². The van der Waals surface area contributed by atoms with Crippen LogP contribution in [-0.2, 0) is 20.8 Å². The van der Waals surface area contributed by atoms with Gasteiger partial charge >= 0.3 is 0 Å². The highest BCUT2D eigenvalue weighted by Crippen LogP contribution is 2.23. The van der Waals surface area contributed by atoms with Crippen molar-refractivity contribution >= 4 is 17.7 Å². The van der Waals surface area contributed by atoms with Crippen molar-refractivity contribution in [3.05, 3.63) is 29.8 Å². The van der Waals surface area contributed by atoms with Crippen LogP contribution in [0.2, 0.25) is 0 Å². The Balaban J connectivity index is 1.48. The van der Waals surface area contributed by atoms with Gasteiger partial charge in [0, 0.05) is 51.6 Å². The number of ether oxygens (including phenoxy) is 1. The molecule has 2 aliphatic heterocycles. The summed E-state index contributed by atoms with van der Waals surface area (Å²) in [7, 11) is 1.64. The molecule has 0 saturated carbocycles. The van der Waals surface area contributed by atoms with E-state index >= 15 is 0 Å². The zero-order valence-electron chi connectivity index (χ0n) is 18.3. The van der Waals surface area contributed by atoms with Gasteiger partial charge in [-0.25, -0.2) is 0 Å². The van der Waals surface area contributed by atoms with Crippen LogP contribution in [-0.4, -0.2) is 78.3 Å². The molecule has 164 valence electrons. The van der Waals surface area contributed by atoms with E-state index < -0.39 is 0 Å². The molecule has 3 amide bonds. The van der Waals surface area contributed by atoms with Crippen LogP contribution in [0, 0.1) is 5.92 Å². The average Bonchev–Trinajstić information content (AvgIpc) is 2.97. The SMILES string of the molecule is COc1ccc(CCC(=O)N2CCCN(C(=O)C3CC(=O)N(C(C)C)C3)CC2)cc1. The third-order valence-electron chi connectivity index (χ3n) is 6.08. The van der Waals surface area contributed by atoms with Crippen LogP contribution in [0.5, 0.6) is 5.75 Å². The molecule has 7 nitrogen and oxygen atoms in total. The maximum Gasteiger partial charge on any atom is 0.228 e. The summed E-state index contributed by atoms with van der Waals surface area (Å²) in [5.41, 5.74) is 1.11. The van der Waals surface area contributed by atoms with E-state index in [0.717, 1.165) is 17.7 Å². The van der Waals surface area contributed by atoms with Gasteiger partial charge in [0.2, 0.25) is 17.7 Å². The van der Waals surface area contributed by atoms with Crippen LogP contribution < -0.4 is 4.74 Å². The fourth-order valence-corrected chi connectivity index (χ4v) is 4.24.